The molecule has 0 saturated heterocycles. The first-order valence-corrected chi connectivity index (χ1v) is 3.76. The highest BCUT2D eigenvalue weighted by Gasteiger charge is 2.33. The molecule has 11 heavy (non-hydrogen) atoms. The van der Waals surface area contributed by atoms with E-state index in [4.69, 9.17) is 5.11 Å². The minimum absolute atomic E-state index is 0.251. The number of aliphatic carboxylic acids is 1. The van der Waals surface area contributed by atoms with Crippen molar-refractivity contribution < 1.29 is 9.90 Å². The molecule has 3 nitrogen and oxygen atoms in total. The van der Waals surface area contributed by atoms with Gasteiger partial charge >= 0.3 is 5.97 Å². The normalized spacial score (nSPS) is 12.6. The summed E-state index contributed by atoms with van der Waals surface area (Å²) in [5.74, 6) is -0.784. The third-order valence-corrected chi connectivity index (χ3v) is 2.18. The van der Waals surface area contributed by atoms with Gasteiger partial charge in [0.15, 0.2) is 0 Å². The molecule has 0 heterocycles. The van der Waals surface area contributed by atoms with E-state index in [0.717, 1.165) is 0 Å². The molecule has 0 saturated carbocycles. The van der Waals surface area contributed by atoms with E-state index in [1.54, 1.807) is 13.8 Å². The summed E-state index contributed by atoms with van der Waals surface area (Å²) in [6.45, 7) is 7.36. The number of likely N-dealkylation sites (N-methyl/N-ethyl adjacent to an activating group) is 1. The highest BCUT2D eigenvalue weighted by molar-refractivity contribution is 5.77. The largest absolute Gasteiger partial charge is 0.480 e. The summed E-state index contributed by atoms with van der Waals surface area (Å²) in [5.41, 5.74) is -0.770. The summed E-state index contributed by atoms with van der Waals surface area (Å²) < 4.78 is 0. The van der Waals surface area contributed by atoms with Crippen molar-refractivity contribution >= 4 is 5.97 Å². The van der Waals surface area contributed by atoms with E-state index in [0.29, 0.717) is 0 Å². The highest BCUT2D eigenvalue weighted by Crippen LogP contribution is 2.14. The third-order valence-electron chi connectivity index (χ3n) is 2.18. The first-order chi connectivity index (χ1) is 4.80. The lowest BCUT2D eigenvalue weighted by atomic mass is 10.0. The Morgan fingerprint density at radius 1 is 1.45 bits per heavy atom. The maximum atomic E-state index is 10.7. The van der Waals surface area contributed by atoms with Gasteiger partial charge in [-0.1, -0.05) is 0 Å². The number of carboxylic acids is 1. The fourth-order valence-corrected chi connectivity index (χ4v) is 0.796. The molecule has 0 aliphatic carbocycles. The standard InChI is InChI=1S/C8H17NO2/c1-6(2)9(5)8(3,4)7(10)11/h6H,1-5H3,(H,10,11). The minimum atomic E-state index is -0.784. The van der Waals surface area contributed by atoms with Crippen LogP contribution in [0.25, 0.3) is 0 Å². The van der Waals surface area contributed by atoms with Crippen LogP contribution in [0, 0.1) is 0 Å². The van der Waals surface area contributed by atoms with E-state index in [1.807, 2.05) is 25.8 Å². The number of rotatable bonds is 3. The molecule has 0 aliphatic heterocycles. The molecule has 0 aromatic rings. The SMILES string of the molecule is CC(C)N(C)C(C)(C)C(=O)O. The number of hydrogen-bond acceptors (Lipinski definition) is 2. The third kappa shape index (κ3) is 2.19. The molecule has 3 heteroatoms. The Kier molecular flexibility index (Phi) is 3.05. The predicted molar refractivity (Wildman–Crippen MR) is 44.6 cm³/mol. The van der Waals surface area contributed by atoms with Crippen molar-refractivity contribution in [3.8, 4) is 0 Å². The summed E-state index contributed by atoms with van der Waals surface area (Å²) in [5, 5.41) is 8.82. The van der Waals surface area contributed by atoms with E-state index in [-0.39, 0.29) is 6.04 Å². The van der Waals surface area contributed by atoms with Crippen LogP contribution in [0.4, 0.5) is 0 Å². The molecule has 0 fully saturated rings. The predicted octanol–water partition coefficient (Wildman–Crippen LogP) is 1.19. The van der Waals surface area contributed by atoms with Crippen LogP contribution < -0.4 is 0 Å². The second-order valence-electron chi connectivity index (χ2n) is 3.57. The molecule has 0 unspecified atom stereocenters. The van der Waals surface area contributed by atoms with E-state index in [2.05, 4.69) is 0 Å². The van der Waals surface area contributed by atoms with Gasteiger partial charge in [0, 0.05) is 6.04 Å². The maximum absolute atomic E-state index is 10.7. The molecule has 66 valence electrons. The molecular weight excluding hydrogens is 142 g/mol. The lowest BCUT2D eigenvalue weighted by Crippen LogP contribution is -2.50. The Balaban J connectivity index is 4.42. The van der Waals surface area contributed by atoms with Crippen LogP contribution >= 0.6 is 0 Å². The van der Waals surface area contributed by atoms with Crippen LogP contribution in [0.2, 0.25) is 0 Å². The van der Waals surface area contributed by atoms with Crippen molar-refractivity contribution in [2.24, 2.45) is 0 Å². The van der Waals surface area contributed by atoms with Crippen LogP contribution in [0.5, 0.6) is 0 Å². The summed E-state index contributed by atoms with van der Waals surface area (Å²) in [6.07, 6.45) is 0. The molecule has 0 rings (SSSR count). The Morgan fingerprint density at radius 3 is 1.91 bits per heavy atom. The fourth-order valence-electron chi connectivity index (χ4n) is 0.796. The number of nitrogens with zero attached hydrogens (tertiary/aromatic N) is 1. The lowest BCUT2D eigenvalue weighted by molar-refractivity contribution is -0.149. The van der Waals surface area contributed by atoms with Crippen molar-refractivity contribution in [2.75, 3.05) is 7.05 Å². The molecule has 0 aromatic heterocycles. The molecule has 1 N–H and O–H groups in total. The van der Waals surface area contributed by atoms with Crippen molar-refractivity contribution in [3.05, 3.63) is 0 Å². The van der Waals surface area contributed by atoms with Gasteiger partial charge in [-0.25, -0.2) is 0 Å². The fraction of sp³-hybridized carbons (Fsp3) is 0.875. The zero-order valence-electron chi connectivity index (χ0n) is 7.88. The number of carbonyl (C=O) groups is 1. The summed E-state index contributed by atoms with van der Waals surface area (Å²) in [6, 6.07) is 0.251. The molecule has 0 aliphatic rings. The van der Waals surface area contributed by atoms with Gasteiger partial charge in [-0.15, -0.1) is 0 Å². The Bertz CT molecular complexity index is 152. The van der Waals surface area contributed by atoms with Gasteiger partial charge in [0.25, 0.3) is 0 Å². The Hall–Kier alpha value is -0.570. The van der Waals surface area contributed by atoms with Crippen LogP contribution in [0.3, 0.4) is 0 Å². The van der Waals surface area contributed by atoms with Gasteiger partial charge in [-0.3, -0.25) is 9.69 Å². The van der Waals surface area contributed by atoms with Crippen LogP contribution in [-0.4, -0.2) is 34.6 Å². The summed E-state index contributed by atoms with van der Waals surface area (Å²) in [4.78, 5) is 12.6. The number of carboxylic acid groups (broad SMARTS) is 1. The topological polar surface area (TPSA) is 40.5 Å². The molecule has 0 spiro atoms. The molecule has 0 aromatic carbocycles. The highest BCUT2D eigenvalue weighted by atomic mass is 16.4. The monoisotopic (exact) mass is 159 g/mol. The van der Waals surface area contributed by atoms with Gasteiger partial charge in [-0.2, -0.15) is 0 Å². The second-order valence-corrected chi connectivity index (χ2v) is 3.57. The van der Waals surface area contributed by atoms with Crippen LogP contribution in [-0.2, 0) is 4.79 Å². The van der Waals surface area contributed by atoms with Crippen LogP contribution in [0.1, 0.15) is 27.7 Å². The average Bonchev–Trinajstić information content (AvgIpc) is 1.85. The van der Waals surface area contributed by atoms with Gasteiger partial charge in [0.2, 0.25) is 0 Å². The van der Waals surface area contributed by atoms with E-state index < -0.39 is 11.5 Å². The molecule has 0 radical (unpaired) electrons. The molecule has 0 bridgehead atoms. The van der Waals surface area contributed by atoms with Gasteiger partial charge < -0.3 is 5.11 Å². The van der Waals surface area contributed by atoms with E-state index in [9.17, 15) is 4.79 Å². The van der Waals surface area contributed by atoms with Crippen molar-refractivity contribution in [1.82, 2.24) is 4.90 Å². The second kappa shape index (κ2) is 3.22. The lowest BCUT2D eigenvalue weighted by Gasteiger charge is -2.34. The minimum Gasteiger partial charge on any atom is -0.480 e. The maximum Gasteiger partial charge on any atom is 0.323 e. The smallest absolute Gasteiger partial charge is 0.323 e. The van der Waals surface area contributed by atoms with Crippen molar-refractivity contribution in [1.29, 1.82) is 0 Å². The molecular formula is C8H17NO2. The quantitative estimate of drug-likeness (QED) is 0.672. The van der Waals surface area contributed by atoms with Crippen molar-refractivity contribution in [2.45, 2.75) is 39.3 Å². The van der Waals surface area contributed by atoms with Gasteiger partial charge in [0.05, 0.1) is 0 Å². The summed E-state index contributed by atoms with van der Waals surface area (Å²) >= 11 is 0. The first-order valence-electron chi connectivity index (χ1n) is 3.76. The van der Waals surface area contributed by atoms with Crippen molar-refractivity contribution in [3.63, 3.8) is 0 Å². The first kappa shape index (κ1) is 10.4. The van der Waals surface area contributed by atoms with E-state index in [1.165, 1.54) is 0 Å². The Labute approximate surface area is 68.0 Å². The molecule has 0 amide bonds. The Morgan fingerprint density at radius 2 is 1.82 bits per heavy atom. The zero-order chi connectivity index (χ0) is 9.23. The van der Waals surface area contributed by atoms with Gasteiger partial charge in [-0.05, 0) is 34.7 Å². The summed E-state index contributed by atoms with van der Waals surface area (Å²) in [7, 11) is 1.82. The molecule has 0 atom stereocenters. The van der Waals surface area contributed by atoms with Crippen LogP contribution in [0.15, 0.2) is 0 Å². The van der Waals surface area contributed by atoms with E-state index >= 15 is 0 Å². The number of hydrogen-bond donors (Lipinski definition) is 1. The van der Waals surface area contributed by atoms with Gasteiger partial charge in [0.1, 0.15) is 5.54 Å². The average molecular weight is 159 g/mol. The zero-order valence-corrected chi connectivity index (χ0v) is 7.88.